The molecule has 6 nitrogen and oxygen atoms in total. The van der Waals surface area contributed by atoms with Crippen LogP contribution in [0.4, 0.5) is 0 Å². The SMILES string of the molecule is COc1ccc(CN(C)C(=O)c2nn(C)c3c2C[C@H](C)O[C@@H]3C)cc1Cl. The molecule has 1 aromatic heterocycles. The summed E-state index contributed by atoms with van der Waals surface area (Å²) in [6, 6.07) is 5.52. The molecular weight excluding hydrogens is 354 g/mol. The molecule has 1 aromatic carbocycles. The topological polar surface area (TPSA) is 56.6 Å². The third kappa shape index (κ3) is 3.44. The molecule has 140 valence electrons. The number of aryl methyl sites for hydroxylation is 1. The Morgan fingerprint density at radius 3 is 2.85 bits per heavy atom. The van der Waals surface area contributed by atoms with Gasteiger partial charge in [0.15, 0.2) is 5.69 Å². The van der Waals surface area contributed by atoms with Crippen LogP contribution >= 0.6 is 11.6 Å². The van der Waals surface area contributed by atoms with Gasteiger partial charge in [-0.3, -0.25) is 9.48 Å². The van der Waals surface area contributed by atoms with Crippen molar-refractivity contribution in [3.63, 3.8) is 0 Å². The third-order valence-corrected chi connectivity index (χ3v) is 4.99. The Morgan fingerprint density at radius 1 is 1.46 bits per heavy atom. The van der Waals surface area contributed by atoms with Gasteiger partial charge in [0, 0.05) is 32.6 Å². The van der Waals surface area contributed by atoms with Crippen LogP contribution in [0.1, 0.15) is 47.3 Å². The minimum Gasteiger partial charge on any atom is -0.495 e. The number of carbonyl (C=O) groups excluding carboxylic acids is 1. The molecule has 1 aliphatic rings. The van der Waals surface area contributed by atoms with E-state index in [1.165, 1.54) is 0 Å². The standard InChI is InChI=1S/C19H24ClN3O3/c1-11-8-14-17(21-23(4)18(14)12(2)26-11)19(24)22(3)10-13-6-7-16(25-5)15(20)9-13/h6-7,9,11-12H,8,10H2,1-5H3/t11-,12+/m0/s1. The number of ether oxygens (including phenoxy) is 2. The highest BCUT2D eigenvalue weighted by Gasteiger charge is 2.32. The Morgan fingerprint density at radius 2 is 2.19 bits per heavy atom. The first-order valence-corrected chi connectivity index (χ1v) is 8.98. The first kappa shape index (κ1) is 18.7. The molecule has 0 spiro atoms. The van der Waals surface area contributed by atoms with Crippen LogP contribution in [0.3, 0.4) is 0 Å². The van der Waals surface area contributed by atoms with Gasteiger partial charge in [-0.15, -0.1) is 0 Å². The van der Waals surface area contributed by atoms with Gasteiger partial charge in [0.25, 0.3) is 5.91 Å². The first-order chi connectivity index (χ1) is 12.3. The van der Waals surface area contributed by atoms with E-state index in [1.807, 2.05) is 33.0 Å². The summed E-state index contributed by atoms with van der Waals surface area (Å²) in [5, 5.41) is 5.01. The summed E-state index contributed by atoms with van der Waals surface area (Å²) in [6.45, 7) is 4.45. The van der Waals surface area contributed by atoms with Crippen molar-refractivity contribution >= 4 is 17.5 Å². The summed E-state index contributed by atoms with van der Waals surface area (Å²) in [6.07, 6.45) is 0.689. The molecule has 2 aromatic rings. The van der Waals surface area contributed by atoms with E-state index in [0.29, 0.717) is 29.4 Å². The largest absolute Gasteiger partial charge is 0.495 e. The first-order valence-electron chi connectivity index (χ1n) is 8.61. The molecule has 2 atom stereocenters. The summed E-state index contributed by atoms with van der Waals surface area (Å²) in [5.74, 6) is 0.515. The quantitative estimate of drug-likeness (QED) is 0.819. The second kappa shape index (κ2) is 7.29. The second-order valence-corrected chi connectivity index (χ2v) is 7.17. The number of halogens is 1. The van der Waals surface area contributed by atoms with Gasteiger partial charge in [-0.05, 0) is 31.5 Å². The number of hydrogen-bond donors (Lipinski definition) is 0. The maximum atomic E-state index is 13.0. The van der Waals surface area contributed by atoms with Crippen LogP contribution in [0.5, 0.6) is 5.75 Å². The molecule has 0 radical (unpaired) electrons. The van der Waals surface area contributed by atoms with Gasteiger partial charge in [0.2, 0.25) is 0 Å². The molecule has 0 fully saturated rings. The van der Waals surface area contributed by atoms with E-state index in [4.69, 9.17) is 21.1 Å². The van der Waals surface area contributed by atoms with Gasteiger partial charge >= 0.3 is 0 Å². The van der Waals surface area contributed by atoms with Crippen molar-refractivity contribution in [2.45, 2.75) is 39.0 Å². The number of nitrogens with zero attached hydrogens (tertiary/aromatic N) is 3. The lowest BCUT2D eigenvalue weighted by Crippen LogP contribution is -2.29. The number of amides is 1. The Balaban J connectivity index is 1.83. The van der Waals surface area contributed by atoms with Crippen molar-refractivity contribution in [2.24, 2.45) is 7.05 Å². The highest BCUT2D eigenvalue weighted by molar-refractivity contribution is 6.32. The zero-order chi connectivity index (χ0) is 19.0. The number of aromatic nitrogens is 2. The smallest absolute Gasteiger partial charge is 0.274 e. The monoisotopic (exact) mass is 377 g/mol. The summed E-state index contributed by atoms with van der Waals surface area (Å²) < 4.78 is 12.8. The molecular formula is C19H24ClN3O3. The van der Waals surface area contributed by atoms with Gasteiger partial charge in [-0.2, -0.15) is 5.10 Å². The van der Waals surface area contributed by atoms with Crippen LogP contribution in [0, 0.1) is 0 Å². The Kier molecular flexibility index (Phi) is 5.25. The Hall–Kier alpha value is -2.05. The summed E-state index contributed by atoms with van der Waals surface area (Å²) in [4.78, 5) is 14.7. The highest BCUT2D eigenvalue weighted by Crippen LogP contribution is 2.32. The van der Waals surface area contributed by atoms with Crippen LogP contribution in [0.15, 0.2) is 18.2 Å². The molecule has 0 bridgehead atoms. The number of methoxy groups -OCH3 is 1. The van der Waals surface area contributed by atoms with E-state index < -0.39 is 0 Å². The average Bonchev–Trinajstić information content (AvgIpc) is 2.91. The van der Waals surface area contributed by atoms with Gasteiger partial charge < -0.3 is 14.4 Å². The molecule has 7 heteroatoms. The summed E-state index contributed by atoms with van der Waals surface area (Å²) in [5.41, 5.74) is 3.41. The van der Waals surface area contributed by atoms with Gasteiger partial charge in [-0.25, -0.2) is 0 Å². The zero-order valence-electron chi connectivity index (χ0n) is 15.7. The van der Waals surface area contributed by atoms with Crippen LogP contribution in [0.25, 0.3) is 0 Å². The maximum Gasteiger partial charge on any atom is 0.274 e. The van der Waals surface area contributed by atoms with Crippen molar-refractivity contribution in [1.82, 2.24) is 14.7 Å². The minimum absolute atomic E-state index is 0.0685. The van der Waals surface area contributed by atoms with Crippen molar-refractivity contribution in [3.8, 4) is 5.75 Å². The lowest BCUT2D eigenvalue weighted by molar-refractivity contribution is -0.00906. The number of hydrogen-bond acceptors (Lipinski definition) is 4. The van der Waals surface area contributed by atoms with E-state index in [-0.39, 0.29) is 18.1 Å². The fraction of sp³-hybridized carbons (Fsp3) is 0.474. The van der Waals surface area contributed by atoms with Crippen molar-refractivity contribution in [2.75, 3.05) is 14.2 Å². The molecule has 0 saturated carbocycles. The van der Waals surface area contributed by atoms with E-state index in [9.17, 15) is 4.79 Å². The van der Waals surface area contributed by atoms with Crippen molar-refractivity contribution < 1.29 is 14.3 Å². The Bertz CT molecular complexity index is 834. The van der Waals surface area contributed by atoms with Crippen molar-refractivity contribution in [3.05, 3.63) is 45.7 Å². The van der Waals surface area contributed by atoms with Crippen molar-refractivity contribution in [1.29, 1.82) is 0 Å². The van der Waals surface area contributed by atoms with E-state index in [0.717, 1.165) is 16.8 Å². The summed E-state index contributed by atoms with van der Waals surface area (Å²) in [7, 11) is 5.20. The molecule has 2 heterocycles. The molecule has 1 aliphatic heterocycles. The third-order valence-electron chi connectivity index (χ3n) is 4.69. The van der Waals surface area contributed by atoms with Crippen LogP contribution in [-0.2, 0) is 24.8 Å². The van der Waals surface area contributed by atoms with Crippen LogP contribution in [-0.4, -0.2) is 40.8 Å². The zero-order valence-corrected chi connectivity index (χ0v) is 16.5. The lowest BCUT2D eigenvalue weighted by Gasteiger charge is -2.26. The number of fused-ring (bicyclic) bond motifs is 1. The molecule has 0 saturated heterocycles. The summed E-state index contributed by atoms with van der Waals surface area (Å²) >= 11 is 6.18. The number of rotatable bonds is 4. The predicted octanol–water partition coefficient (Wildman–Crippen LogP) is 3.38. The van der Waals surface area contributed by atoms with Gasteiger partial charge in [-0.1, -0.05) is 17.7 Å². The van der Waals surface area contributed by atoms with E-state index in [2.05, 4.69) is 5.10 Å². The Labute approximate surface area is 158 Å². The average molecular weight is 378 g/mol. The fourth-order valence-corrected chi connectivity index (χ4v) is 3.83. The minimum atomic E-state index is -0.102. The van der Waals surface area contributed by atoms with E-state index in [1.54, 1.807) is 29.8 Å². The molecule has 0 aliphatic carbocycles. The van der Waals surface area contributed by atoms with Gasteiger partial charge in [0.1, 0.15) is 5.75 Å². The maximum absolute atomic E-state index is 13.0. The normalized spacial score (nSPS) is 19.2. The van der Waals surface area contributed by atoms with Crippen LogP contribution < -0.4 is 4.74 Å². The molecule has 3 rings (SSSR count). The number of carbonyl (C=O) groups is 1. The lowest BCUT2D eigenvalue weighted by atomic mass is 9.99. The predicted molar refractivity (Wildman–Crippen MR) is 99.7 cm³/mol. The fourth-order valence-electron chi connectivity index (χ4n) is 3.55. The van der Waals surface area contributed by atoms with E-state index >= 15 is 0 Å². The molecule has 0 unspecified atom stereocenters. The van der Waals surface area contributed by atoms with Crippen LogP contribution in [0.2, 0.25) is 5.02 Å². The number of benzene rings is 1. The molecule has 26 heavy (non-hydrogen) atoms. The second-order valence-electron chi connectivity index (χ2n) is 6.76. The highest BCUT2D eigenvalue weighted by atomic mass is 35.5. The molecule has 0 N–H and O–H groups in total. The molecule has 1 amide bonds. The van der Waals surface area contributed by atoms with Gasteiger partial charge in [0.05, 0.1) is 30.0 Å².